The van der Waals surface area contributed by atoms with Crippen LogP contribution in [-0.4, -0.2) is 260 Å². The smallest absolute Gasteiger partial charge is 0.314 e. The van der Waals surface area contributed by atoms with Gasteiger partial charge in [0.15, 0.2) is 31.5 Å². The van der Waals surface area contributed by atoms with Crippen LogP contribution in [0.2, 0.25) is 0 Å². The van der Waals surface area contributed by atoms with E-state index < -0.39 is 201 Å². The van der Waals surface area contributed by atoms with Gasteiger partial charge in [-0.1, -0.05) is 53.2 Å². The van der Waals surface area contributed by atoms with Gasteiger partial charge in [0.25, 0.3) is 0 Å². The van der Waals surface area contributed by atoms with Gasteiger partial charge in [0.2, 0.25) is 0 Å². The zero-order valence-corrected chi connectivity index (χ0v) is 51.2. The number of carbonyl (C=O) groups is 3. The minimum atomic E-state index is -1.90. The number of allylic oxidation sites excluding steroid dienone is 2. The minimum absolute atomic E-state index is 0.00252. The van der Waals surface area contributed by atoms with Gasteiger partial charge >= 0.3 is 11.9 Å². The fourth-order valence-corrected chi connectivity index (χ4v) is 17.4. The second-order valence-corrected chi connectivity index (χ2v) is 28.0. The van der Waals surface area contributed by atoms with Crippen molar-refractivity contribution < 1.29 is 132 Å². The molecule has 6 aliphatic heterocycles. The van der Waals surface area contributed by atoms with E-state index in [0.29, 0.717) is 44.9 Å². The number of fused-ring (bicyclic) bond motifs is 4. The normalized spacial score (nSPS) is 51.4. The predicted molar refractivity (Wildman–Crippen MR) is 292 cm³/mol. The van der Waals surface area contributed by atoms with Crippen LogP contribution in [0.3, 0.4) is 0 Å². The molecule has 27 nitrogen and oxygen atoms in total. The van der Waals surface area contributed by atoms with Gasteiger partial charge in [-0.05, 0) is 81.0 Å². The Hall–Kier alpha value is -2.53. The first-order valence-electron chi connectivity index (χ1n) is 30.9. The molecule has 0 bridgehead atoms. The number of ketones is 1. The molecule has 496 valence electrons. The SMILES string of the molecule is COC1C(O)C(CO)OC(OC2C(O)COC(OC3C(C)OC(OC4C(OC5CCC6(C)C7CCC89C(=O)OC(C)(CC(=O)CC(C)C)C8C(OC(C)=O)CC9(C)C7=CCC6C5(C)C)OCC(O)C4O)C(OC4OCC(O)C(O)C4O)C3O)C2O)C1O. The van der Waals surface area contributed by atoms with Crippen LogP contribution in [0.4, 0.5) is 0 Å². The van der Waals surface area contributed by atoms with Crippen molar-refractivity contribution in [3.63, 3.8) is 0 Å². The lowest BCUT2D eigenvalue weighted by Crippen LogP contribution is -2.67. The number of aliphatic hydroxyl groups excluding tert-OH is 11. The Morgan fingerprint density at radius 1 is 0.667 bits per heavy atom. The van der Waals surface area contributed by atoms with Crippen molar-refractivity contribution in [3.05, 3.63) is 11.6 Å². The molecule has 1 spiro atoms. The van der Waals surface area contributed by atoms with Crippen LogP contribution in [0.1, 0.15) is 114 Å². The molecular weight excluding hydrogens is 1150 g/mol. The molecule has 3 saturated carbocycles. The minimum Gasteiger partial charge on any atom is -0.462 e. The highest BCUT2D eigenvalue weighted by atomic mass is 16.8. The molecule has 31 atom stereocenters. The van der Waals surface area contributed by atoms with Crippen molar-refractivity contribution in [2.24, 2.45) is 45.3 Å². The molecule has 0 aromatic carbocycles. The van der Waals surface area contributed by atoms with Gasteiger partial charge in [0, 0.05) is 32.3 Å². The summed E-state index contributed by atoms with van der Waals surface area (Å²) in [6.07, 6.45) is -30.8. The van der Waals surface area contributed by atoms with Crippen LogP contribution >= 0.6 is 0 Å². The summed E-state index contributed by atoms with van der Waals surface area (Å²) in [4.78, 5) is 41.1. The average Bonchev–Trinajstić information content (AvgIpc) is 1.53. The first-order chi connectivity index (χ1) is 40.9. The van der Waals surface area contributed by atoms with E-state index in [0.717, 1.165) is 5.57 Å². The van der Waals surface area contributed by atoms with Gasteiger partial charge in [0.05, 0.1) is 50.0 Å². The number of Topliss-reactive ketones (excluding diaryl/α,β-unsaturated/α-hetero) is 1. The van der Waals surface area contributed by atoms with Gasteiger partial charge < -0.3 is 118 Å². The second-order valence-electron chi connectivity index (χ2n) is 28.0. The third-order valence-corrected chi connectivity index (χ3v) is 21.6. The zero-order valence-electron chi connectivity index (χ0n) is 51.2. The number of ether oxygens (including phenoxy) is 13. The molecule has 0 radical (unpaired) electrons. The number of rotatable bonds is 17. The lowest BCUT2D eigenvalue weighted by atomic mass is 9.41. The summed E-state index contributed by atoms with van der Waals surface area (Å²) in [5.41, 5.74) is -2.81. The van der Waals surface area contributed by atoms with Gasteiger partial charge in [0.1, 0.15) is 115 Å². The largest absolute Gasteiger partial charge is 0.462 e. The lowest BCUT2D eigenvalue weighted by molar-refractivity contribution is -0.399. The van der Waals surface area contributed by atoms with E-state index in [2.05, 4.69) is 33.8 Å². The topological polar surface area (TPSA) is 394 Å². The van der Waals surface area contributed by atoms with E-state index in [1.54, 1.807) is 0 Å². The Morgan fingerprint density at radius 3 is 1.92 bits per heavy atom. The van der Waals surface area contributed by atoms with Crippen LogP contribution in [0.5, 0.6) is 0 Å². The highest BCUT2D eigenvalue weighted by Gasteiger charge is 2.80. The summed E-state index contributed by atoms with van der Waals surface area (Å²) < 4.78 is 78.8. The van der Waals surface area contributed by atoms with E-state index in [9.17, 15) is 70.6 Å². The van der Waals surface area contributed by atoms with E-state index in [-0.39, 0.29) is 47.9 Å². The van der Waals surface area contributed by atoms with Crippen LogP contribution in [0, 0.1) is 45.3 Å². The molecule has 9 fully saturated rings. The van der Waals surface area contributed by atoms with Crippen LogP contribution in [0.25, 0.3) is 0 Å². The molecule has 6 saturated heterocycles. The summed E-state index contributed by atoms with van der Waals surface area (Å²) in [6, 6.07) is 0. The maximum Gasteiger partial charge on any atom is 0.314 e. The Balaban J connectivity index is 0.877. The summed E-state index contributed by atoms with van der Waals surface area (Å²) in [6.45, 7) is 15.1. The Kier molecular flexibility index (Phi) is 19.7. The molecule has 10 rings (SSSR count). The third kappa shape index (κ3) is 11.7. The Morgan fingerprint density at radius 2 is 1.26 bits per heavy atom. The van der Waals surface area contributed by atoms with Crippen LogP contribution < -0.4 is 0 Å². The maximum absolute atomic E-state index is 14.7. The molecule has 10 aliphatic rings. The number of cyclic esters (lactones) is 1. The molecule has 6 heterocycles. The van der Waals surface area contributed by atoms with E-state index in [1.165, 1.54) is 21.0 Å². The molecule has 27 heteroatoms. The number of carbonyl (C=O) groups excluding carboxylic acids is 3. The molecule has 0 amide bonds. The van der Waals surface area contributed by atoms with Gasteiger partial charge in [-0.25, -0.2) is 0 Å². The zero-order chi connectivity index (χ0) is 63.4. The van der Waals surface area contributed by atoms with Crippen molar-refractivity contribution >= 4 is 17.7 Å². The summed E-state index contributed by atoms with van der Waals surface area (Å²) in [7, 11) is 1.21. The van der Waals surface area contributed by atoms with Crippen molar-refractivity contribution in [2.45, 2.75) is 267 Å². The first kappa shape index (κ1) is 67.4. The van der Waals surface area contributed by atoms with Crippen molar-refractivity contribution in [2.75, 3.05) is 33.5 Å². The van der Waals surface area contributed by atoms with Gasteiger partial charge in [-0.3, -0.25) is 14.4 Å². The maximum atomic E-state index is 14.7. The molecule has 0 aromatic rings. The Labute approximate surface area is 505 Å². The van der Waals surface area contributed by atoms with Gasteiger partial charge in [-0.2, -0.15) is 0 Å². The summed E-state index contributed by atoms with van der Waals surface area (Å²) in [5, 5.41) is 121. The molecule has 11 N–H and O–H groups in total. The van der Waals surface area contributed by atoms with E-state index in [1.807, 2.05) is 20.8 Å². The molecule has 31 unspecified atom stereocenters. The van der Waals surface area contributed by atoms with E-state index in [4.69, 9.17) is 61.6 Å². The molecule has 87 heavy (non-hydrogen) atoms. The summed E-state index contributed by atoms with van der Waals surface area (Å²) in [5.74, 6) is -1.30. The van der Waals surface area contributed by atoms with E-state index >= 15 is 0 Å². The highest BCUT2D eigenvalue weighted by Crippen LogP contribution is 2.77. The number of hydrogen-bond acceptors (Lipinski definition) is 27. The molecular formula is C60H94O27. The van der Waals surface area contributed by atoms with Crippen molar-refractivity contribution in [1.29, 1.82) is 0 Å². The monoisotopic (exact) mass is 1250 g/mol. The van der Waals surface area contributed by atoms with Crippen molar-refractivity contribution in [3.8, 4) is 0 Å². The fourth-order valence-electron chi connectivity index (χ4n) is 17.4. The van der Waals surface area contributed by atoms with Crippen LogP contribution in [-0.2, 0) is 76.0 Å². The number of methoxy groups -OCH3 is 1. The highest BCUT2D eigenvalue weighted by molar-refractivity contribution is 5.87. The first-order valence-corrected chi connectivity index (χ1v) is 30.9. The van der Waals surface area contributed by atoms with Gasteiger partial charge in [-0.15, -0.1) is 0 Å². The average molecular weight is 1250 g/mol. The summed E-state index contributed by atoms with van der Waals surface area (Å²) >= 11 is 0. The predicted octanol–water partition coefficient (Wildman–Crippen LogP) is -1.48. The third-order valence-electron chi connectivity index (χ3n) is 21.6. The van der Waals surface area contributed by atoms with Crippen LogP contribution in [0.15, 0.2) is 11.6 Å². The molecule has 0 aromatic heterocycles. The number of hydrogen-bond donors (Lipinski definition) is 11. The second kappa shape index (κ2) is 25.4. The Bertz CT molecular complexity index is 2480. The standard InChI is InChI=1S/C60H94O27/c1-24(2)17-27(63)18-59(9)49-33(80-26(4)62)19-58(8)29-11-12-35-56(5,6)36(14-15-57(35,7)28(29)13-16-60(49,58)55(74)87-59)82-53-47(38(68)31(65)22-78-53)86-54-48(85-50-40(70)37(67)30(64)21-76-50)41(71)44(25(3)79-54)83-51-42(72)45(32(66)23-77-51)84-52-43(73)46(75-10)39(69)34(20-61)81-52/h11,24-25,28,30-54,61,64-73H,12-23H2,1-10H3. The molecule has 4 aliphatic carbocycles. The lowest BCUT2D eigenvalue weighted by Gasteiger charge is -2.63. The number of esters is 2. The fraction of sp³-hybridized carbons (Fsp3) is 0.917. The quantitative estimate of drug-likeness (QED) is 0.0584. The van der Waals surface area contributed by atoms with Crippen molar-refractivity contribution in [1.82, 2.24) is 0 Å². The number of aliphatic hydroxyl groups is 11.